The number of rotatable bonds is 17. The highest BCUT2D eigenvalue weighted by Crippen LogP contribution is 2.19. The minimum atomic E-state index is -1.06. The van der Waals surface area contributed by atoms with E-state index in [2.05, 4.69) is 29.1 Å². The Balaban J connectivity index is 1.55. The summed E-state index contributed by atoms with van der Waals surface area (Å²) in [5.41, 5.74) is 1.81. The maximum absolute atomic E-state index is 12.1. The quantitative estimate of drug-likeness (QED) is 0.178. The number of nitrogens with one attached hydrogen (secondary N) is 2. The lowest BCUT2D eigenvalue weighted by molar-refractivity contribution is -0.141. The molecule has 2 aromatic rings. The number of para-hydroxylation sites is 1. The van der Waals surface area contributed by atoms with Crippen LogP contribution in [0.15, 0.2) is 30.5 Å². The van der Waals surface area contributed by atoms with Gasteiger partial charge in [0.1, 0.15) is 6.04 Å². The number of aromatic amines is 1. The number of aromatic nitrogens is 1. The molecule has 2 rings (SSSR count). The number of hydrogen-bond donors (Lipinski definition) is 3. The summed E-state index contributed by atoms with van der Waals surface area (Å²) in [4.78, 5) is 26.9. The first-order valence-electron chi connectivity index (χ1n) is 13.2. The molecule has 1 amide bonds. The summed E-state index contributed by atoms with van der Waals surface area (Å²) in [6.07, 6.45) is 19.6. The van der Waals surface area contributed by atoms with Crippen molar-refractivity contribution >= 4 is 22.8 Å². The fraction of sp³-hybridized carbons (Fsp3) is 0.586. The van der Waals surface area contributed by atoms with Gasteiger partial charge >= 0.3 is 5.97 Å². The molecular formula is C29H42N2O3. The minimum absolute atomic E-state index is 0.214. The number of unbranched alkanes of at least 4 members (excludes halogenated alkanes) is 13. The van der Waals surface area contributed by atoms with Crippen molar-refractivity contribution in [3.8, 4) is 11.8 Å². The van der Waals surface area contributed by atoms with Crippen LogP contribution in [0.4, 0.5) is 0 Å². The predicted octanol–water partition coefficient (Wildman–Crippen LogP) is 6.76. The first-order valence-corrected chi connectivity index (χ1v) is 13.2. The van der Waals surface area contributed by atoms with E-state index in [1.807, 2.05) is 24.3 Å². The Bertz CT molecular complexity index is 922. The van der Waals surface area contributed by atoms with Gasteiger partial charge in [-0.3, -0.25) is 4.79 Å². The van der Waals surface area contributed by atoms with Crippen LogP contribution in [0.25, 0.3) is 10.9 Å². The lowest BCUT2D eigenvalue weighted by atomic mass is 10.0. The summed E-state index contributed by atoms with van der Waals surface area (Å²) in [6, 6.07) is 6.71. The number of amides is 1. The van der Waals surface area contributed by atoms with E-state index in [0.29, 0.717) is 6.42 Å². The first-order chi connectivity index (χ1) is 16.6. The van der Waals surface area contributed by atoms with Crippen molar-refractivity contribution < 1.29 is 14.7 Å². The molecule has 1 unspecified atom stereocenters. The number of carboxylic acid groups (broad SMARTS) is 1. The third kappa shape index (κ3) is 10.9. The maximum Gasteiger partial charge on any atom is 0.326 e. The molecule has 5 heteroatoms. The Labute approximate surface area is 205 Å². The van der Waals surface area contributed by atoms with Crippen LogP contribution in [0.5, 0.6) is 0 Å². The second-order valence-corrected chi connectivity index (χ2v) is 9.22. The van der Waals surface area contributed by atoms with Crippen LogP contribution < -0.4 is 5.32 Å². The van der Waals surface area contributed by atoms with Crippen LogP contribution in [0, 0.1) is 11.8 Å². The van der Waals surface area contributed by atoms with E-state index in [0.717, 1.165) is 29.3 Å². The zero-order chi connectivity index (χ0) is 24.4. The zero-order valence-corrected chi connectivity index (χ0v) is 20.8. The Morgan fingerprint density at radius 3 is 2.12 bits per heavy atom. The fourth-order valence-electron chi connectivity index (χ4n) is 4.29. The van der Waals surface area contributed by atoms with Gasteiger partial charge in [0.05, 0.1) is 0 Å². The highest BCUT2D eigenvalue weighted by molar-refractivity contribution is 5.96. The van der Waals surface area contributed by atoms with Gasteiger partial charge in [0.2, 0.25) is 0 Å². The summed E-state index contributed by atoms with van der Waals surface area (Å²) < 4.78 is 0. The first kappa shape index (κ1) is 27.5. The van der Waals surface area contributed by atoms with E-state index in [4.69, 9.17) is 0 Å². The molecule has 3 N–H and O–H groups in total. The summed E-state index contributed by atoms with van der Waals surface area (Å²) in [6.45, 7) is 2.26. The molecule has 0 radical (unpaired) electrons. The third-order valence-electron chi connectivity index (χ3n) is 6.31. The van der Waals surface area contributed by atoms with Crippen LogP contribution in [-0.2, 0) is 16.0 Å². The van der Waals surface area contributed by atoms with Crippen LogP contribution >= 0.6 is 0 Å². The van der Waals surface area contributed by atoms with Gasteiger partial charge in [0.15, 0.2) is 0 Å². The molecule has 34 heavy (non-hydrogen) atoms. The van der Waals surface area contributed by atoms with Crippen LogP contribution in [0.2, 0.25) is 0 Å². The van der Waals surface area contributed by atoms with Gasteiger partial charge in [-0.05, 0) is 24.0 Å². The van der Waals surface area contributed by atoms with Crippen molar-refractivity contribution in [2.24, 2.45) is 0 Å². The number of hydrogen-bond acceptors (Lipinski definition) is 2. The van der Waals surface area contributed by atoms with Crippen LogP contribution in [0.3, 0.4) is 0 Å². The third-order valence-corrected chi connectivity index (χ3v) is 6.31. The van der Waals surface area contributed by atoms with Gasteiger partial charge in [-0.25, -0.2) is 4.79 Å². The van der Waals surface area contributed by atoms with E-state index in [-0.39, 0.29) is 6.42 Å². The molecular weight excluding hydrogens is 424 g/mol. The highest BCUT2D eigenvalue weighted by atomic mass is 16.4. The minimum Gasteiger partial charge on any atom is -0.480 e. The molecule has 1 aromatic carbocycles. The van der Waals surface area contributed by atoms with E-state index in [1.165, 1.54) is 70.6 Å². The standard InChI is InChI=1S/C29H42N2O3/c1-2-3-4-5-6-7-8-9-10-11-12-13-14-15-16-21-28(32)31-27(29(33)34)22-24-23-30-26-20-18-17-19-25(24)26/h17-20,23,27,30H,2-15,22H2,1H3,(H,31,32)(H,33,34). The number of carbonyl (C=O) groups is 2. The van der Waals surface area contributed by atoms with Crippen molar-refractivity contribution in [1.29, 1.82) is 0 Å². The Morgan fingerprint density at radius 2 is 1.50 bits per heavy atom. The van der Waals surface area contributed by atoms with E-state index >= 15 is 0 Å². The predicted molar refractivity (Wildman–Crippen MR) is 140 cm³/mol. The van der Waals surface area contributed by atoms with Crippen molar-refractivity contribution in [2.75, 3.05) is 0 Å². The molecule has 0 aliphatic rings. The number of fused-ring (bicyclic) bond motifs is 1. The lowest BCUT2D eigenvalue weighted by Gasteiger charge is -2.12. The molecule has 0 spiro atoms. The number of H-pyrrole nitrogens is 1. The molecule has 0 fully saturated rings. The highest BCUT2D eigenvalue weighted by Gasteiger charge is 2.21. The molecule has 5 nitrogen and oxygen atoms in total. The Hall–Kier alpha value is -2.74. The number of carbonyl (C=O) groups excluding carboxylic acids is 1. The van der Waals surface area contributed by atoms with Gasteiger partial charge < -0.3 is 15.4 Å². The molecule has 0 aliphatic heterocycles. The Kier molecular flexibility index (Phi) is 13.6. The molecule has 1 atom stereocenters. The number of benzene rings is 1. The monoisotopic (exact) mass is 466 g/mol. The van der Waals surface area contributed by atoms with Crippen molar-refractivity contribution in [1.82, 2.24) is 10.3 Å². The second-order valence-electron chi connectivity index (χ2n) is 9.22. The smallest absolute Gasteiger partial charge is 0.326 e. The van der Waals surface area contributed by atoms with Gasteiger partial charge in [0.25, 0.3) is 5.91 Å². The zero-order valence-electron chi connectivity index (χ0n) is 20.8. The summed E-state index contributed by atoms with van der Waals surface area (Å²) in [5, 5.41) is 13.0. The van der Waals surface area contributed by atoms with Crippen molar-refractivity contribution in [3.05, 3.63) is 36.0 Å². The molecule has 0 bridgehead atoms. The summed E-state index contributed by atoms with van der Waals surface area (Å²) in [7, 11) is 0. The van der Waals surface area contributed by atoms with E-state index in [1.54, 1.807) is 6.20 Å². The van der Waals surface area contributed by atoms with Gasteiger partial charge in [-0.2, -0.15) is 0 Å². The van der Waals surface area contributed by atoms with E-state index in [9.17, 15) is 14.7 Å². The average Bonchev–Trinajstić information content (AvgIpc) is 3.24. The normalized spacial score (nSPS) is 11.7. The van der Waals surface area contributed by atoms with Gasteiger partial charge in [-0.1, -0.05) is 108 Å². The molecule has 1 heterocycles. The molecule has 0 aliphatic carbocycles. The lowest BCUT2D eigenvalue weighted by Crippen LogP contribution is -2.41. The van der Waals surface area contributed by atoms with Crippen LogP contribution in [0.1, 0.15) is 102 Å². The number of carboxylic acids is 1. The van der Waals surface area contributed by atoms with Crippen LogP contribution in [-0.4, -0.2) is 28.0 Å². The maximum atomic E-state index is 12.1. The molecule has 0 saturated carbocycles. The average molecular weight is 467 g/mol. The second kappa shape index (κ2) is 16.8. The summed E-state index contributed by atoms with van der Waals surface area (Å²) in [5.74, 6) is 3.87. The molecule has 186 valence electrons. The number of aliphatic carboxylic acids is 1. The molecule has 1 aromatic heterocycles. The topological polar surface area (TPSA) is 82.2 Å². The van der Waals surface area contributed by atoms with Gasteiger partial charge in [-0.15, -0.1) is 0 Å². The van der Waals surface area contributed by atoms with Crippen molar-refractivity contribution in [3.63, 3.8) is 0 Å². The SMILES string of the molecule is CCCCCCCCCCCCCCCC#CC(=O)NC(Cc1c[nH]c2ccccc12)C(=O)O. The fourth-order valence-corrected chi connectivity index (χ4v) is 4.29. The molecule has 0 saturated heterocycles. The van der Waals surface area contributed by atoms with E-state index < -0.39 is 17.9 Å². The van der Waals surface area contributed by atoms with Crippen molar-refractivity contribution in [2.45, 2.75) is 109 Å². The summed E-state index contributed by atoms with van der Waals surface area (Å²) >= 11 is 0. The Morgan fingerprint density at radius 1 is 0.912 bits per heavy atom. The van der Waals surface area contributed by atoms with Gasteiger partial charge in [0, 0.05) is 29.9 Å². The largest absolute Gasteiger partial charge is 0.480 e.